The summed E-state index contributed by atoms with van der Waals surface area (Å²) in [7, 11) is 0. The van der Waals surface area contributed by atoms with E-state index in [0.29, 0.717) is 5.69 Å². The third-order valence-electron chi connectivity index (χ3n) is 3.21. The number of benzene rings is 1. The average molecular weight is 252 g/mol. The highest BCUT2D eigenvalue weighted by atomic mass is 16.4. The molecule has 2 N–H and O–H groups in total. The van der Waals surface area contributed by atoms with Crippen molar-refractivity contribution in [3.63, 3.8) is 0 Å². The van der Waals surface area contributed by atoms with E-state index in [4.69, 9.17) is 5.11 Å². The molecule has 0 spiro atoms. The number of hydrogen-bond acceptors (Lipinski definition) is 2. The van der Waals surface area contributed by atoms with Crippen LogP contribution in [0.1, 0.15) is 15.9 Å². The van der Waals surface area contributed by atoms with Gasteiger partial charge >= 0.3 is 5.97 Å². The lowest BCUT2D eigenvalue weighted by Gasteiger charge is -2.01. The highest BCUT2D eigenvalue weighted by Crippen LogP contribution is 2.29. The van der Waals surface area contributed by atoms with Crippen molar-refractivity contribution in [1.29, 1.82) is 0 Å². The zero-order chi connectivity index (χ0) is 13.4. The molecule has 2 aromatic heterocycles. The van der Waals surface area contributed by atoms with Gasteiger partial charge in [0, 0.05) is 28.9 Å². The molecule has 0 amide bonds. The van der Waals surface area contributed by atoms with Crippen LogP contribution in [0.15, 0.2) is 42.7 Å². The minimum atomic E-state index is -0.945. The van der Waals surface area contributed by atoms with Gasteiger partial charge in [-0.1, -0.05) is 18.2 Å². The first-order valence-corrected chi connectivity index (χ1v) is 5.93. The zero-order valence-electron chi connectivity index (χ0n) is 10.3. The summed E-state index contributed by atoms with van der Waals surface area (Å²) in [6.45, 7) is 2.03. The van der Waals surface area contributed by atoms with Crippen LogP contribution in [-0.2, 0) is 0 Å². The van der Waals surface area contributed by atoms with Crippen LogP contribution in [-0.4, -0.2) is 21.0 Å². The monoisotopic (exact) mass is 252 g/mol. The third kappa shape index (κ3) is 1.87. The van der Waals surface area contributed by atoms with Gasteiger partial charge in [-0.15, -0.1) is 0 Å². The molecule has 0 radical (unpaired) electrons. The molecule has 0 saturated heterocycles. The standard InChI is InChI=1S/C15H12N2O2/c1-9-3-2-4-11-12(8-17-14(9)11)13-7-10(15(18)19)5-6-16-13/h2-8,17H,1H3,(H,18,19). The summed E-state index contributed by atoms with van der Waals surface area (Å²) < 4.78 is 0. The second-order valence-corrected chi connectivity index (χ2v) is 4.43. The first-order chi connectivity index (χ1) is 9.16. The number of H-pyrrole nitrogens is 1. The van der Waals surface area contributed by atoms with Crippen molar-refractivity contribution < 1.29 is 9.90 Å². The van der Waals surface area contributed by atoms with Gasteiger partial charge < -0.3 is 10.1 Å². The Kier molecular flexibility index (Phi) is 2.56. The van der Waals surface area contributed by atoms with Gasteiger partial charge in [-0.2, -0.15) is 0 Å². The van der Waals surface area contributed by atoms with E-state index in [2.05, 4.69) is 9.97 Å². The van der Waals surface area contributed by atoms with Gasteiger partial charge in [0.2, 0.25) is 0 Å². The molecule has 0 saturated carbocycles. The predicted molar refractivity (Wildman–Crippen MR) is 73.2 cm³/mol. The van der Waals surface area contributed by atoms with Crippen molar-refractivity contribution in [3.8, 4) is 11.3 Å². The van der Waals surface area contributed by atoms with Gasteiger partial charge in [-0.05, 0) is 24.6 Å². The number of nitrogens with zero attached hydrogens (tertiary/aromatic N) is 1. The first-order valence-electron chi connectivity index (χ1n) is 5.93. The molecule has 4 nitrogen and oxygen atoms in total. The average Bonchev–Trinajstić information content (AvgIpc) is 2.84. The molecule has 0 aliphatic heterocycles. The fourth-order valence-corrected chi connectivity index (χ4v) is 2.23. The van der Waals surface area contributed by atoms with E-state index < -0.39 is 5.97 Å². The number of carboxylic acids is 1. The fourth-order valence-electron chi connectivity index (χ4n) is 2.23. The molecule has 0 aliphatic rings. The van der Waals surface area contributed by atoms with Crippen LogP contribution in [0.5, 0.6) is 0 Å². The van der Waals surface area contributed by atoms with Crippen LogP contribution < -0.4 is 0 Å². The maximum Gasteiger partial charge on any atom is 0.335 e. The Morgan fingerprint density at radius 2 is 2.16 bits per heavy atom. The SMILES string of the molecule is Cc1cccc2c(-c3cc(C(=O)O)ccn3)c[nH]c12. The molecule has 0 fully saturated rings. The van der Waals surface area contributed by atoms with Gasteiger partial charge in [0.25, 0.3) is 0 Å². The number of pyridine rings is 1. The molecule has 94 valence electrons. The Hall–Kier alpha value is -2.62. The maximum atomic E-state index is 11.0. The van der Waals surface area contributed by atoms with E-state index in [0.717, 1.165) is 22.0 Å². The van der Waals surface area contributed by atoms with Crippen molar-refractivity contribution >= 4 is 16.9 Å². The van der Waals surface area contributed by atoms with E-state index in [-0.39, 0.29) is 5.56 Å². The molecule has 4 heteroatoms. The van der Waals surface area contributed by atoms with Crippen molar-refractivity contribution in [2.24, 2.45) is 0 Å². The summed E-state index contributed by atoms with van der Waals surface area (Å²) >= 11 is 0. The molecule has 2 heterocycles. The summed E-state index contributed by atoms with van der Waals surface area (Å²) in [5.41, 5.74) is 4.03. The number of aromatic amines is 1. The molecule has 0 bridgehead atoms. The van der Waals surface area contributed by atoms with E-state index in [9.17, 15) is 4.79 Å². The van der Waals surface area contributed by atoms with Crippen LogP contribution in [0.25, 0.3) is 22.2 Å². The second kappa shape index (κ2) is 4.24. The van der Waals surface area contributed by atoms with Crippen LogP contribution >= 0.6 is 0 Å². The zero-order valence-corrected chi connectivity index (χ0v) is 10.3. The van der Waals surface area contributed by atoms with E-state index in [1.54, 1.807) is 6.07 Å². The lowest BCUT2D eigenvalue weighted by Crippen LogP contribution is -1.97. The van der Waals surface area contributed by atoms with Gasteiger partial charge in [0.05, 0.1) is 11.3 Å². The maximum absolute atomic E-state index is 11.0. The van der Waals surface area contributed by atoms with Gasteiger partial charge in [0.15, 0.2) is 0 Å². The van der Waals surface area contributed by atoms with E-state index >= 15 is 0 Å². The van der Waals surface area contributed by atoms with E-state index in [1.807, 2.05) is 31.3 Å². The van der Waals surface area contributed by atoms with Crippen LogP contribution in [0.2, 0.25) is 0 Å². The summed E-state index contributed by atoms with van der Waals surface area (Å²) in [5, 5.41) is 10.1. The van der Waals surface area contributed by atoms with Crippen LogP contribution in [0.3, 0.4) is 0 Å². The highest BCUT2D eigenvalue weighted by molar-refractivity contribution is 5.97. The summed E-state index contributed by atoms with van der Waals surface area (Å²) in [4.78, 5) is 18.5. The highest BCUT2D eigenvalue weighted by Gasteiger charge is 2.10. The quantitative estimate of drug-likeness (QED) is 0.735. The van der Waals surface area contributed by atoms with Gasteiger partial charge in [-0.3, -0.25) is 4.98 Å². The fraction of sp³-hybridized carbons (Fsp3) is 0.0667. The smallest absolute Gasteiger partial charge is 0.335 e. The molecule has 3 aromatic rings. The largest absolute Gasteiger partial charge is 0.478 e. The van der Waals surface area contributed by atoms with Crippen molar-refractivity contribution in [2.75, 3.05) is 0 Å². The number of aromatic nitrogens is 2. The number of carboxylic acid groups (broad SMARTS) is 1. The molecule has 19 heavy (non-hydrogen) atoms. The minimum absolute atomic E-state index is 0.243. The van der Waals surface area contributed by atoms with Gasteiger partial charge in [0.1, 0.15) is 0 Å². The number of rotatable bonds is 2. The molecular weight excluding hydrogens is 240 g/mol. The number of para-hydroxylation sites is 1. The van der Waals surface area contributed by atoms with Gasteiger partial charge in [-0.25, -0.2) is 4.79 Å². The van der Waals surface area contributed by atoms with E-state index in [1.165, 1.54) is 12.3 Å². The lowest BCUT2D eigenvalue weighted by atomic mass is 10.1. The van der Waals surface area contributed by atoms with Crippen molar-refractivity contribution in [2.45, 2.75) is 6.92 Å². The molecule has 0 atom stereocenters. The summed E-state index contributed by atoms with van der Waals surface area (Å²) in [6.07, 6.45) is 3.39. The third-order valence-corrected chi connectivity index (χ3v) is 3.21. The van der Waals surface area contributed by atoms with Crippen molar-refractivity contribution in [3.05, 3.63) is 53.9 Å². The Balaban J connectivity index is 2.22. The number of hydrogen-bond donors (Lipinski definition) is 2. The molecule has 1 aromatic carbocycles. The number of carbonyl (C=O) groups is 1. The lowest BCUT2D eigenvalue weighted by molar-refractivity contribution is 0.0697. The predicted octanol–water partition coefficient (Wildman–Crippen LogP) is 3.24. The minimum Gasteiger partial charge on any atom is -0.478 e. The Morgan fingerprint density at radius 3 is 2.95 bits per heavy atom. The Labute approximate surface area is 109 Å². The molecular formula is C15H12N2O2. The Morgan fingerprint density at radius 1 is 1.32 bits per heavy atom. The second-order valence-electron chi connectivity index (χ2n) is 4.43. The number of aryl methyl sites for hydroxylation is 1. The molecule has 0 unspecified atom stereocenters. The number of aromatic carboxylic acids is 1. The first kappa shape index (κ1) is 11.5. The summed E-state index contributed by atoms with van der Waals surface area (Å²) in [5.74, 6) is -0.945. The molecule has 3 rings (SSSR count). The topological polar surface area (TPSA) is 66.0 Å². The normalized spacial score (nSPS) is 10.8. The molecule has 0 aliphatic carbocycles. The number of fused-ring (bicyclic) bond motifs is 1. The van der Waals surface area contributed by atoms with Crippen LogP contribution in [0, 0.1) is 6.92 Å². The number of nitrogens with one attached hydrogen (secondary N) is 1. The summed E-state index contributed by atoms with van der Waals surface area (Å²) in [6, 6.07) is 9.10. The Bertz CT molecular complexity index is 775. The van der Waals surface area contributed by atoms with Crippen LogP contribution in [0.4, 0.5) is 0 Å². The van der Waals surface area contributed by atoms with Crippen molar-refractivity contribution in [1.82, 2.24) is 9.97 Å².